The second-order valence-corrected chi connectivity index (χ2v) is 2.73. The van der Waals surface area contributed by atoms with Crippen molar-refractivity contribution in [3.8, 4) is 0 Å². The van der Waals surface area contributed by atoms with Crippen molar-refractivity contribution in [3.05, 3.63) is 34.0 Å². The number of hydrogen-bond donors (Lipinski definition) is 0. The zero-order valence-corrected chi connectivity index (χ0v) is 6.08. The molecule has 0 amide bonds. The van der Waals surface area contributed by atoms with Gasteiger partial charge < -0.3 is 0 Å². The van der Waals surface area contributed by atoms with Gasteiger partial charge in [0.2, 0.25) is 5.70 Å². The van der Waals surface area contributed by atoms with Gasteiger partial charge >= 0.3 is 0 Å². The monoisotopic (exact) mass is 157 g/mol. The van der Waals surface area contributed by atoms with Crippen LogP contribution in [0.25, 0.3) is 0 Å². The van der Waals surface area contributed by atoms with E-state index in [-0.39, 0.29) is 12.1 Å². The minimum atomic E-state index is -1.56. The van der Waals surface area contributed by atoms with Crippen molar-refractivity contribution in [2.75, 3.05) is 0 Å². The number of nitro groups is 1. The number of halogens is 1. The lowest BCUT2D eigenvalue weighted by Gasteiger charge is -2.15. The average molecular weight is 157 g/mol. The summed E-state index contributed by atoms with van der Waals surface area (Å²) in [6, 6.07) is 0. The molecule has 11 heavy (non-hydrogen) atoms. The first-order chi connectivity index (χ1) is 5.01. The smallest absolute Gasteiger partial charge is 0.249 e. The van der Waals surface area contributed by atoms with Gasteiger partial charge in [0.05, 0.1) is 11.3 Å². The molecule has 0 bridgehead atoms. The maximum absolute atomic E-state index is 13.0. The molecule has 1 atom stereocenters. The van der Waals surface area contributed by atoms with Crippen LogP contribution in [0.4, 0.5) is 4.39 Å². The van der Waals surface area contributed by atoms with Crippen LogP contribution in [0.15, 0.2) is 23.9 Å². The van der Waals surface area contributed by atoms with E-state index in [2.05, 4.69) is 0 Å². The van der Waals surface area contributed by atoms with E-state index in [0.29, 0.717) is 0 Å². The Morgan fingerprint density at radius 2 is 2.45 bits per heavy atom. The summed E-state index contributed by atoms with van der Waals surface area (Å²) in [5.74, 6) is 0. The van der Waals surface area contributed by atoms with Crippen molar-refractivity contribution in [1.29, 1.82) is 0 Å². The van der Waals surface area contributed by atoms with Crippen LogP contribution in [-0.4, -0.2) is 10.6 Å². The normalized spacial score (nSPS) is 29.8. The molecule has 0 aromatic rings. The molecule has 3 nitrogen and oxygen atoms in total. The van der Waals surface area contributed by atoms with Gasteiger partial charge in [0, 0.05) is 6.08 Å². The molecule has 60 valence electrons. The Morgan fingerprint density at radius 3 is 2.82 bits per heavy atom. The Kier molecular flexibility index (Phi) is 1.76. The van der Waals surface area contributed by atoms with E-state index in [4.69, 9.17) is 0 Å². The standard InChI is InChI=1S/C7H8FNO2/c1-7(8)4-2-3-6(5-7)9(10)11/h2-4H,5H2,1H3. The van der Waals surface area contributed by atoms with Crippen LogP contribution in [0.5, 0.6) is 0 Å². The molecule has 0 aromatic heterocycles. The van der Waals surface area contributed by atoms with Gasteiger partial charge in [-0.15, -0.1) is 0 Å². The lowest BCUT2D eigenvalue weighted by atomic mass is 9.98. The molecule has 0 radical (unpaired) electrons. The first-order valence-corrected chi connectivity index (χ1v) is 3.23. The summed E-state index contributed by atoms with van der Waals surface area (Å²) in [4.78, 5) is 9.62. The number of allylic oxidation sites excluding steroid dienone is 4. The van der Waals surface area contributed by atoms with Crippen LogP contribution >= 0.6 is 0 Å². The lowest BCUT2D eigenvalue weighted by Crippen LogP contribution is -2.20. The molecule has 0 N–H and O–H groups in total. The molecule has 0 spiro atoms. The van der Waals surface area contributed by atoms with Gasteiger partial charge in [-0.1, -0.05) is 6.08 Å². The van der Waals surface area contributed by atoms with Gasteiger partial charge in [-0.25, -0.2) is 4.39 Å². The Balaban J connectivity index is 2.81. The molecule has 0 fully saturated rings. The molecule has 0 heterocycles. The van der Waals surface area contributed by atoms with Gasteiger partial charge in [-0.2, -0.15) is 0 Å². The van der Waals surface area contributed by atoms with Crippen LogP contribution in [0.3, 0.4) is 0 Å². The van der Waals surface area contributed by atoms with Crippen molar-refractivity contribution >= 4 is 0 Å². The molecule has 4 heteroatoms. The Bertz CT molecular complexity index is 243. The predicted molar refractivity (Wildman–Crippen MR) is 38.3 cm³/mol. The maximum Gasteiger partial charge on any atom is 0.249 e. The van der Waals surface area contributed by atoms with Crippen LogP contribution in [0.2, 0.25) is 0 Å². The van der Waals surface area contributed by atoms with Gasteiger partial charge in [-0.3, -0.25) is 10.1 Å². The highest BCUT2D eigenvalue weighted by Crippen LogP contribution is 2.26. The second kappa shape index (κ2) is 2.45. The second-order valence-electron chi connectivity index (χ2n) is 2.73. The largest absolute Gasteiger partial charge is 0.259 e. The molecular formula is C7H8FNO2. The van der Waals surface area contributed by atoms with Crippen molar-refractivity contribution < 1.29 is 9.31 Å². The Morgan fingerprint density at radius 1 is 1.82 bits per heavy atom. The zero-order valence-electron chi connectivity index (χ0n) is 6.08. The van der Waals surface area contributed by atoms with E-state index in [1.807, 2.05) is 0 Å². The van der Waals surface area contributed by atoms with E-state index >= 15 is 0 Å². The van der Waals surface area contributed by atoms with Crippen molar-refractivity contribution in [2.24, 2.45) is 0 Å². The van der Waals surface area contributed by atoms with E-state index in [0.717, 1.165) is 0 Å². The van der Waals surface area contributed by atoms with Crippen molar-refractivity contribution in [2.45, 2.75) is 19.0 Å². The van der Waals surface area contributed by atoms with Gasteiger partial charge in [0.1, 0.15) is 5.67 Å². The fourth-order valence-electron chi connectivity index (χ4n) is 0.957. The number of alkyl halides is 1. The minimum absolute atomic E-state index is 0.0718. The van der Waals surface area contributed by atoms with Crippen LogP contribution in [0, 0.1) is 10.1 Å². The molecule has 0 saturated carbocycles. The van der Waals surface area contributed by atoms with E-state index in [1.165, 1.54) is 25.2 Å². The molecule has 1 unspecified atom stereocenters. The third kappa shape index (κ3) is 1.86. The van der Waals surface area contributed by atoms with E-state index in [1.54, 1.807) is 0 Å². The molecule has 0 aromatic carbocycles. The third-order valence-electron chi connectivity index (χ3n) is 1.49. The molecule has 1 rings (SSSR count). The first kappa shape index (κ1) is 7.91. The quantitative estimate of drug-likeness (QED) is 0.430. The topological polar surface area (TPSA) is 43.1 Å². The summed E-state index contributed by atoms with van der Waals surface area (Å²) >= 11 is 0. The third-order valence-corrected chi connectivity index (χ3v) is 1.49. The maximum atomic E-state index is 13.0. The number of rotatable bonds is 1. The van der Waals surface area contributed by atoms with Crippen molar-refractivity contribution in [1.82, 2.24) is 0 Å². The summed E-state index contributed by atoms with van der Waals surface area (Å²) in [5, 5.41) is 10.2. The molecular weight excluding hydrogens is 149 g/mol. The fourth-order valence-corrected chi connectivity index (χ4v) is 0.957. The average Bonchev–Trinajstić information content (AvgIpc) is 1.85. The molecule has 0 aliphatic heterocycles. The van der Waals surface area contributed by atoms with E-state index in [9.17, 15) is 14.5 Å². The lowest BCUT2D eigenvalue weighted by molar-refractivity contribution is -0.429. The fraction of sp³-hybridized carbons (Fsp3) is 0.429. The Labute approximate surface area is 63.4 Å². The molecule has 0 saturated heterocycles. The van der Waals surface area contributed by atoms with Gasteiger partial charge in [0.15, 0.2) is 0 Å². The highest BCUT2D eigenvalue weighted by molar-refractivity contribution is 5.20. The Hall–Kier alpha value is -1.19. The predicted octanol–water partition coefficient (Wildman–Crippen LogP) is 1.84. The SMILES string of the molecule is CC1(F)C=CC=C([N+](=O)[O-])C1. The summed E-state index contributed by atoms with van der Waals surface area (Å²) < 4.78 is 13.0. The molecule has 1 aliphatic rings. The van der Waals surface area contributed by atoms with Crippen LogP contribution in [-0.2, 0) is 0 Å². The minimum Gasteiger partial charge on any atom is -0.259 e. The van der Waals surface area contributed by atoms with Crippen molar-refractivity contribution in [3.63, 3.8) is 0 Å². The summed E-state index contributed by atoms with van der Waals surface area (Å²) in [6.45, 7) is 1.32. The first-order valence-electron chi connectivity index (χ1n) is 3.23. The zero-order chi connectivity index (χ0) is 8.48. The summed E-state index contributed by atoms with van der Waals surface area (Å²) in [6.07, 6.45) is 3.87. The number of hydrogen-bond acceptors (Lipinski definition) is 2. The van der Waals surface area contributed by atoms with Gasteiger partial charge in [-0.05, 0) is 13.0 Å². The van der Waals surface area contributed by atoms with Crippen LogP contribution < -0.4 is 0 Å². The van der Waals surface area contributed by atoms with E-state index < -0.39 is 10.6 Å². The van der Waals surface area contributed by atoms with Gasteiger partial charge in [0.25, 0.3) is 0 Å². The van der Waals surface area contributed by atoms with Crippen LogP contribution in [0.1, 0.15) is 13.3 Å². The highest BCUT2D eigenvalue weighted by Gasteiger charge is 2.29. The molecule has 1 aliphatic carbocycles. The summed E-state index contributed by atoms with van der Waals surface area (Å²) in [5.41, 5.74) is -1.63. The number of nitrogens with zero attached hydrogens (tertiary/aromatic N) is 1. The summed E-state index contributed by atoms with van der Waals surface area (Å²) in [7, 11) is 0. The highest BCUT2D eigenvalue weighted by atomic mass is 19.1.